The van der Waals surface area contributed by atoms with Crippen LogP contribution in [0.2, 0.25) is 0 Å². The molecule has 0 aromatic rings. The van der Waals surface area contributed by atoms with Gasteiger partial charge in [0, 0.05) is 31.8 Å². The van der Waals surface area contributed by atoms with Gasteiger partial charge in [0.1, 0.15) is 6.10 Å². The molecule has 1 atom stereocenters. The molecular weight excluding hydrogens is 222 g/mol. The van der Waals surface area contributed by atoms with Crippen LogP contribution < -0.4 is 0 Å². The molecule has 1 unspecified atom stereocenters. The molecule has 3 rings (SSSR count). The zero-order valence-corrected chi connectivity index (χ0v) is 10.1. The molecule has 17 heavy (non-hydrogen) atoms. The molecule has 96 valence electrons. The first-order chi connectivity index (χ1) is 8.07. The van der Waals surface area contributed by atoms with E-state index in [9.17, 15) is 9.90 Å². The van der Waals surface area contributed by atoms with Crippen LogP contribution in [0.15, 0.2) is 0 Å². The Balaban J connectivity index is 1.74. The summed E-state index contributed by atoms with van der Waals surface area (Å²) in [6, 6.07) is 0. The fourth-order valence-electron chi connectivity index (χ4n) is 3.46. The molecule has 1 N–H and O–H groups in total. The fourth-order valence-corrected chi connectivity index (χ4v) is 3.46. The van der Waals surface area contributed by atoms with Gasteiger partial charge in [0.05, 0.1) is 13.2 Å². The highest BCUT2D eigenvalue weighted by atomic mass is 16.7. The Bertz CT molecular complexity index is 327. The van der Waals surface area contributed by atoms with Crippen molar-refractivity contribution in [3.8, 4) is 0 Å². The zero-order chi connectivity index (χ0) is 12.1. The van der Waals surface area contributed by atoms with Crippen molar-refractivity contribution in [3.63, 3.8) is 0 Å². The Labute approximate surface area is 101 Å². The van der Waals surface area contributed by atoms with E-state index in [4.69, 9.17) is 9.47 Å². The number of likely N-dealkylation sites (N-methyl/N-ethyl adjacent to an activating group) is 1. The van der Waals surface area contributed by atoms with Crippen LogP contribution >= 0.6 is 0 Å². The standard InChI is InChI=1S/C12H19NO4/c1-13-10(15)9(14)8-11(13)2-4-12(5-3-11)16-6-7-17-12/h9,14H,2-8H2,1H3. The second-order valence-electron chi connectivity index (χ2n) is 5.45. The predicted octanol–water partition coefficient (Wildman–Crippen LogP) is 0.265. The number of hydrogen-bond acceptors (Lipinski definition) is 4. The maximum Gasteiger partial charge on any atom is 0.251 e. The number of rotatable bonds is 0. The van der Waals surface area contributed by atoms with Crippen LogP contribution in [0.3, 0.4) is 0 Å². The van der Waals surface area contributed by atoms with Crippen molar-refractivity contribution in [2.75, 3.05) is 20.3 Å². The maximum atomic E-state index is 11.7. The third-order valence-corrected chi connectivity index (χ3v) is 4.66. The highest BCUT2D eigenvalue weighted by molar-refractivity contribution is 5.84. The smallest absolute Gasteiger partial charge is 0.251 e. The fraction of sp³-hybridized carbons (Fsp3) is 0.917. The van der Waals surface area contributed by atoms with Gasteiger partial charge in [0.2, 0.25) is 0 Å². The van der Waals surface area contributed by atoms with E-state index in [1.165, 1.54) is 0 Å². The lowest BCUT2D eigenvalue weighted by Gasteiger charge is -2.44. The Kier molecular flexibility index (Phi) is 2.47. The van der Waals surface area contributed by atoms with Crippen molar-refractivity contribution >= 4 is 5.91 Å². The van der Waals surface area contributed by atoms with Gasteiger partial charge in [-0.1, -0.05) is 0 Å². The Morgan fingerprint density at radius 3 is 2.29 bits per heavy atom. The lowest BCUT2D eigenvalue weighted by atomic mass is 9.77. The molecule has 3 fully saturated rings. The second-order valence-corrected chi connectivity index (χ2v) is 5.45. The van der Waals surface area contributed by atoms with Gasteiger partial charge < -0.3 is 19.5 Å². The number of carbonyl (C=O) groups is 1. The molecule has 1 amide bonds. The van der Waals surface area contributed by atoms with Gasteiger partial charge in [-0.15, -0.1) is 0 Å². The number of ether oxygens (including phenoxy) is 2. The van der Waals surface area contributed by atoms with Gasteiger partial charge >= 0.3 is 0 Å². The van der Waals surface area contributed by atoms with Gasteiger partial charge in [-0.25, -0.2) is 0 Å². The predicted molar refractivity (Wildman–Crippen MR) is 59.2 cm³/mol. The summed E-state index contributed by atoms with van der Waals surface area (Å²) in [6.07, 6.45) is 3.07. The van der Waals surface area contributed by atoms with Crippen LogP contribution in [0, 0.1) is 0 Å². The van der Waals surface area contributed by atoms with E-state index in [1.54, 1.807) is 11.9 Å². The number of carbonyl (C=O) groups excluding carboxylic acids is 1. The van der Waals surface area contributed by atoms with E-state index in [2.05, 4.69) is 0 Å². The van der Waals surface area contributed by atoms with Crippen molar-refractivity contribution < 1.29 is 19.4 Å². The quantitative estimate of drug-likeness (QED) is 0.661. The van der Waals surface area contributed by atoms with Crippen LogP contribution in [-0.4, -0.2) is 53.6 Å². The average molecular weight is 241 g/mol. The minimum atomic E-state index is -0.820. The maximum absolute atomic E-state index is 11.7. The first kappa shape index (κ1) is 11.4. The lowest BCUT2D eigenvalue weighted by molar-refractivity contribution is -0.191. The molecule has 2 spiro atoms. The normalized spacial score (nSPS) is 35.1. The summed E-state index contributed by atoms with van der Waals surface area (Å²) in [5, 5.41) is 9.69. The molecule has 0 bridgehead atoms. The van der Waals surface area contributed by atoms with Crippen molar-refractivity contribution in [2.45, 2.75) is 49.5 Å². The minimum Gasteiger partial charge on any atom is -0.383 e. The summed E-state index contributed by atoms with van der Waals surface area (Å²) in [7, 11) is 1.80. The highest BCUT2D eigenvalue weighted by Crippen LogP contribution is 2.47. The van der Waals surface area contributed by atoms with Crippen LogP contribution in [0.25, 0.3) is 0 Å². The van der Waals surface area contributed by atoms with Gasteiger partial charge in [0.25, 0.3) is 5.91 Å². The number of nitrogens with zero attached hydrogens (tertiary/aromatic N) is 1. The van der Waals surface area contributed by atoms with Crippen LogP contribution in [0.5, 0.6) is 0 Å². The molecular formula is C12H19NO4. The number of amides is 1. The summed E-state index contributed by atoms with van der Waals surface area (Å²) < 4.78 is 11.4. The zero-order valence-electron chi connectivity index (χ0n) is 10.1. The van der Waals surface area contributed by atoms with E-state index < -0.39 is 11.9 Å². The number of aliphatic hydroxyl groups is 1. The SMILES string of the molecule is CN1C(=O)C(O)CC12CCC1(CC2)OCCO1. The van der Waals surface area contributed by atoms with Gasteiger partial charge in [-0.2, -0.15) is 0 Å². The van der Waals surface area contributed by atoms with E-state index in [0.717, 1.165) is 25.7 Å². The first-order valence-electron chi connectivity index (χ1n) is 6.31. The summed E-state index contributed by atoms with van der Waals surface area (Å²) >= 11 is 0. The van der Waals surface area contributed by atoms with E-state index >= 15 is 0 Å². The average Bonchev–Trinajstić information content (AvgIpc) is 2.86. The number of likely N-dealkylation sites (tertiary alicyclic amines) is 1. The molecule has 2 saturated heterocycles. The van der Waals surface area contributed by atoms with E-state index in [1.807, 2.05) is 0 Å². The molecule has 0 aromatic heterocycles. The molecule has 0 aromatic carbocycles. The molecule has 0 radical (unpaired) electrons. The Morgan fingerprint density at radius 2 is 1.82 bits per heavy atom. The summed E-state index contributed by atoms with van der Waals surface area (Å²) in [5.74, 6) is -0.544. The summed E-state index contributed by atoms with van der Waals surface area (Å²) in [6.45, 7) is 1.34. The molecule has 2 aliphatic heterocycles. The second kappa shape index (κ2) is 3.67. The summed E-state index contributed by atoms with van der Waals surface area (Å²) in [4.78, 5) is 13.4. The number of aliphatic hydroxyl groups excluding tert-OH is 1. The minimum absolute atomic E-state index is 0.144. The van der Waals surface area contributed by atoms with Crippen molar-refractivity contribution in [1.29, 1.82) is 0 Å². The van der Waals surface area contributed by atoms with Crippen molar-refractivity contribution in [2.24, 2.45) is 0 Å². The first-order valence-corrected chi connectivity index (χ1v) is 6.31. The van der Waals surface area contributed by atoms with Gasteiger partial charge in [-0.05, 0) is 12.8 Å². The van der Waals surface area contributed by atoms with Crippen molar-refractivity contribution in [1.82, 2.24) is 4.90 Å². The van der Waals surface area contributed by atoms with Crippen LogP contribution in [0.4, 0.5) is 0 Å². The number of hydrogen-bond donors (Lipinski definition) is 1. The third kappa shape index (κ3) is 1.60. The molecule has 1 aliphatic carbocycles. The summed E-state index contributed by atoms with van der Waals surface area (Å²) in [5.41, 5.74) is -0.170. The molecule has 1 saturated carbocycles. The van der Waals surface area contributed by atoms with E-state index in [-0.39, 0.29) is 11.4 Å². The van der Waals surface area contributed by atoms with Gasteiger partial charge in [-0.3, -0.25) is 4.79 Å². The Hall–Kier alpha value is -0.650. The largest absolute Gasteiger partial charge is 0.383 e. The molecule has 2 heterocycles. The molecule has 3 aliphatic rings. The molecule has 5 nitrogen and oxygen atoms in total. The van der Waals surface area contributed by atoms with Crippen molar-refractivity contribution in [3.05, 3.63) is 0 Å². The van der Waals surface area contributed by atoms with E-state index in [0.29, 0.717) is 19.6 Å². The monoisotopic (exact) mass is 241 g/mol. The topological polar surface area (TPSA) is 59.0 Å². The Morgan fingerprint density at radius 1 is 1.24 bits per heavy atom. The van der Waals surface area contributed by atoms with Crippen LogP contribution in [-0.2, 0) is 14.3 Å². The van der Waals surface area contributed by atoms with Gasteiger partial charge in [0.15, 0.2) is 5.79 Å². The third-order valence-electron chi connectivity index (χ3n) is 4.66. The highest BCUT2D eigenvalue weighted by Gasteiger charge is 2.54. The van der Waals surface area contributed by atoms with Crippen LogP contribution in [0.1, 0.15) is 32.1 Å². The lowest BCUT2D eigenvalue weighted by Crippen LogP contribution is -2.50. The molecule has 5 heteroatoms.